The van der Waals surface area contributed by atoms with Gasteiger partial charge in [0.1, 0.15) is 11.6 Å². The second-order valence-electron chi connectivity index (χ2n) is 7.64. The predicted octanol–water partition coefficient (Wildman–Crippen LogP) is 5.25. The molecule has 1 unspecified atom stereocenters. The molecule has 158 valence electrons. The van der Waals surface area contributed by atoms with Gasteiger partial charge in [-0.2, -0.15) is 5.10 Å². The minimum atomic E-state index is -0.827. The van der Waals surface area contributed by atoms with Crippen LogP contribution in [0.5, 0.6) is 5.75 Å². The number of nitrogens with one attached hydrogen (secondary N) is 1. The van der Waals surface area contributed by atoms with E-state index in [9.17, 15) is 14.3 Å². The predicted molar refractivity (Wildman–Crippen MR) is 118 cm³/mol. The Balaban J connectivity index is 1.62. The number of aromatic amines is 1. The Bertz CT molecular complexity index is 1220. The third-order valence-corrected chi connectivity index (χ3v) is 5.35. The summed E-state index contributed by atoms with van der Waals surface area (Å²) in [7, 11) is 0. The van der Waals surface area contributed by atoms with Gasteiger partial charge in [-0.1, -0.05) is 37.3 Å². The highest BCUT2D eigenvalue weighted by atomic mass is 19.1. The molecule has 1 heterocycles. The molecular weight excluding hydrogens is 395 g/mol. The smallest absolute Gasteiger partial charge is 0.306 e. The summed E-state index contributed by atoms with van der Waals surface area (Å²) in [4.78, 5) is 11.3. The van der Waals surface area contributed by atoms with E-state index in [1.54, 1.807) is 25.3 Å². The highest BCUT2D eigenvalue weighted by Gasteiger charge is 2.15. The first-order valence-electron chi connectivity index (χ1n) is 10.2. The molecule has 1 aromatic heterocycles. The Labute approximate surface area is 179 Å². The van der Waals surface area contributed by atoms with Crippen LogP contribution < -0.4 is 4.74 Å². The van der Waals surface area contributed by atoms with Crippen LogP contribution in [-0.2, 0) is 17.6 Å². The maximum absolute atomic E-state index is 13.9. The molecule has 0 aliphatic carbocycles. The van der Waals surface area contributed by atoms with Crippen molar-refractivity contribution in [2.45, 2.75) is 19.8 Å². The monoisotopic (exact) mass is 418 g/mol. The quantitative estimate of drug-likeness (QED) is 0.410. The summed E-state index contributed by atoms with van der Waals surface area (Å²) in [5.74, 6) is -0.885. The van der Waals surface area contributed by atoms with Gasteiger partial charge >= 0.3 is 5.97 Å². The van der Waals surface area contributed by atoms with Gasteiger partial charge in [0.25, 0.3) is 0 Å². The summed E-state index contributed by atoms with van der Waals surface area (Å²) in [6.45, 7) is 2.02. The Morgan fingerprint density at radius 1 is 1.16 bits per heavy atom. The van der Waals surface area contributed by atoms with E-state index in [1.165, 1.54) is 6.07 Å². The second-order valence-corrected chi connectivity index (χ2v) is 7.64. The number of rotatable bonds is 8. The molecule has 0 saturated carbocycles. The number of aliphatic carboxylic acids is 1. The zero-order chi connectivity index (χ0) is 21.8. The van der Waals surface area contributed by atoms with E-state index >= 15 is 0 Å². The topological polar surface area (TPSA) is 75.2 Å². The highest BCUT2D eigenvalue weighted by molar-refractivity contribution is 5.85. The molecule has 0 spiro atoms. The molecule has 4 rings (SSSR count). The maximum atomic E-state index is 13.9. The van der Waals surface area contributed by atoms with Crippen molar-refractivity contribution in [3.63, 3.8) is 0 Å². The molecule has 0 amide bonds. The van der Waals surface area contributed by atoms with Crippen LogP contribution in [0.15, 0.2) is 66.9 Å². The van der Waals surface area contributed by atoms with Crippen molar-refractivity contribution in [3.8, 4) is 16.9 Å². The highest BCUT2D eigenvalue weighted by Crippen LogP contribution is 2.33. The SMILES string of the molecule is CC(Cc1ccc(OCCc2ccccc2F)c(-c2ccc3[nH]ncc3c2)c1)C(=O)O. The van der Waals surface area contributed by atoms with E-state index in [1.807, 2.05) is 42.5 Å². The third-order valence-electron chi connectivity index (χ3n) is 5.35. The van der Waals surface area contributed by atoms with E-state index in [-0.39, 0.29) is 5.82 Å². The molecule has 0 saturated heterocycles. The average molecular weight is 418 g/mol. The van der Waals surface area contributed by atoms with Crippen LogP contribution in [0.1, 0.15) is 18.1 Å². The second kappa shape index (κ2) is 9.00. The number of ether oxygens (including phenoxy) is 1. The standard InChI is InChI=1S/C25H23FN2O3/c1-16(25(29)30)12-17-6-9-24(31-11-10-18-4-2-3-5-22(18)26)21(13-17)19-7-8-23-20(14-19)15-27-28-23/h2-9,13-16H,10-12H2,1H3,(H,27,28)(H,29,30). The molecule has 5 nitrogen and oxygen atoms in total. The fraction of sp³-hybridized carbons (Fsp3) is 0.200. The van der Waals surface area contributed by atoms with Gasteiger partial charge in [0.05, 0.1) is 24.2 Å². The summed E-state index contributed by atoms with van der Waals surface area (Å²) < 4.78 is 19.9. The van der Waals surface area contributed by atoms with Gasteiger partial charge in [-0.05, 0) is 53.4 Å². The number of H-pyrrole nitrogens is 1. The number of carbonyl (C=O) groups is 1. The molecule has 0 fully saturated rings. The Kier molecular flexibility index (Phi) is 5.98. The van der Waals surface area contributed by atoms with E-state index in [0.717, 1.165) is 27.6 Å². The molecule has 0 bridgehead atoms. The minimum absolute atomic E-state index is 0.241. The summed E-state index contributed by atoms with van der Waals surface area (Å²) in [6, 6.07) is 18.3. The summed E-state index contributed by atoms with van der Waals surface area (Å²) in [5.41, 5.74) is 4.27. The molecule has 4 aromatic rings. The van der Waals surface area contributed by atoms with E-state index < -0.39 is 11.9 Å². The van der Waals surface area contributed by atoms with E-state index in [4.69, 9.17) is 4.74 Å². The van der Waals surface area contributed by atoms with Crippen molar-refractivity contribution < 1.29 is 19.0 Å². The fourth-order valence-electron chi connectivity index (χ4n) is 3.58. The fourth-order valence-corrected chi connectivity index (χ4v) is 3.58. The Morgan fingerprint density at radius 3 is 2.81 bits per heavy atom. The molecular formula is C25H23FN2O3. The number of nitrogens with zero attached hydrogens (tertiary/aromatic N) is 1. The van der Waals surface area contributed by atoms with Crippen molar-refractivity contribution in [1.29, 1.82) is 0 Å². The van der Waals surface area contributed by atoms with Crippen molar-refractivity contribution in [2.24, 2.45) is 5.92 Å². The van der Waals surface area contributed by atoms with Gasteiger partial charge in [0.2, 0.25) is 0 Å². The van der Waals surface area contributed by atoms with Gasteiger partial charge in [-0.15, -0.1) is 0 Å². The first kappa shape index (κ1) is 20.6. The van der Waals surface area contributed by atoms with Crippen LogP contribution in [0, 0.1) is 11.7 Å². The van der Waals surface area contributed by atoms with Crippen LogP contribution in [0.4, 0.5) is 4.39 Å². The van der Waals surface area contributed by atoms with Crippen LogP contribution in [-0.4, -0.2) is 27.9 Å². The lowest BCUT2D eigenvalue weighted by Crippen LogP contribution is -2.12. The van der Waals surface area contributed by atoms with Gasteiger partial charge in [0.15, 0.2) is 0 Å². The number of carboxylic acid groups (broad SMARTS) is 1. The van der Waals surface area contributed by atoms with Crippen molar-refractivity contribution in [2.75, 3.05) is 6.61 Å². The largest absolute Gasteiger partial charge is 0.493 e. The van der Waals surface area contributed by atoms with Gasteiger partial charge < -0.3 is 9.84 Å². The number of aromatic nitrogens is 2. The molecule has 0 radical (unpaired) electrons. The first-order valence-corrected chi connectivity index (χ1v) is 10.2. The Hall–Kier alpha value is -3.67. The molecule has 2 N–H and O–H groups in total. The number of carboxylic acids is 1. The van der Waals surface area contributed by atoms with E-state index in [0.29, 0.717) is 30.8 Å². The molecule has 0 aliphatic heterocycles. The van der Waals surface area contributed by atoms with E-state index in [2.05, 4.69) is 10.2 Å². The number of hydrogen-bond donors (Lipinski definition) is 2. The number of halogens is 1. The molecule has 3 aromatic carbocycles. The minimum Gasteiger partial charge on any atom is -0.493 e. The van der Waals surface area contributed by atoms with Crippen molar-refractivity contribution in [1.82, 2.24) is 10.2 Å². The zero-order valence-electron chi connectivity index (χ0n) is 17.1. The number of fused-ring (bicyclic) bond motifs is 1. The number of hydrogen-bond acceptors (Lipinski definition) is 3. The third kappa shape index (κ3) is 4.74. The lowest BCUT2D eigenvalue weighted by molar-refractivity contribution is -0.141. The van der Waals surface area contributed by atoms with Crippen LogP contribution in [0.2, 0.25) is 0 Å². The van der Waals surface area contributed by atoms with Gasteiger partial charge in [0, 0.05) is 17.4 Å². The molecule has 31 heavy (non-hydrogen) atoms. The first-order chi connectivity index (χ1) is 15.0. The Morgan fingerprint density at radius 2 is 2.00 bits per heavy atom. The van der Waals surface area contributed by atoms with Crippen molar-refractivity contribution in [3.05, 3.63) is 83.8 Å². The van der Waals surface area contributed by atoms with Crippen LogP contribution in [0.25, 0.3) is 22.0 Å². The normalized spacial score (nSPS) is 12.1. The lowest BCUT2D eigenvalue weighted by Gasteiger charge is -2.15. The summed E-state index contributed by atoms with van der Waals surface area (Å²) in [6.07, 6.45) is 2.63. The average Bonchev–Trinajstić information content (AvgIpc) is 3.23. The van der Waals surface area contributed by atoms with Gasteiger partial charge in [-0.25, -0.2) is 4.39 Å². The van der Waals surface area contributed by atoms with Gasteiger partial charge in [-0.3, -0.25) is 9.89 Å². The van der Waals surface area contributed by atoms with Crippen LogP contribution >= 0.6 is 0 Å². The number of benzene rings is 3. The van der Waals surface area contributed by atoms with Crippen LogP contribution in [0.3, 0.4) is 0 Å². The molecule has 1 atom stereocenters. The summed E-state index contributed by atoms with van der Waals surface area (Å²) >= 11 is 0. The lowest BCUT2D eigenvalue weighted by atomic mass is 9.96. The molecule has 0 aliphatic rings. The summed E-state index contributed by atoms with van der Waals surface area (Å²) in [5, 5.41) is 17.2. The zero-order valence-corrected chi connectivity index (χ0v) is 17.1. The molecule has 6 heteroatoms. The van der Waals surface area contributed by atoms with Crippen molar-refractivity contribution >= 4 is 16.9 Å². The maximum Gasteiger partial charge on any atom is 0.306 e.